The van der Waals surface area contributed by atoms with E-state index in [4.69, 9.17) is 0 Å². The molecule has 1 N–H and O–H groups in total. The number of aryl methyl sites for hydroxylation is 1. The van der Waals surface area contributed by atoms with Gasteiger partial charge in [0.05, 0.1) is 5.41 Å². The molecule has 0 spiro atoms. The van der Waals surface area contributed by atoms with Gasteiger partial charge in [-0.15, -0.1) is 0 Å². The smallest absolute Gasteiger partial charge is 0.310 e. The molecule has 1 saturated carbocycles. The van der Waals surface area contributed by atoms with Crippen LogP contribution in [-0.2, 0) is 11.2 Å². The highest BCUT2D eigenvalue weighted by molar-refractivity contribution is 5.75. The third-order valence-electron chi connectivity index (χ3n) is 3.73. The summed E-state index contributed by atoms with van der Waals surface area (Å²) in [5.41, 5.74) is 1.30. The van der Waals surface area contributed by atoms with Crippen molar-refractivity contribution < 1.29 is 9.90 Å². The zero-order valence-corrected chi connectivity index (χ0v) is 10.3. The van der Waals surface area contributed by atoms with Crippen LogP contribution >= 0.6 is 0 Å². The molecule has 1 aromatic rings. The van der Waals surface area contributed by atoms with Crippen molar-refractivity contribution in [3.05, 3.63) is 29.6 Å². The topological polar surface area (TPSA) is 50.2 Å². The van der Waals surface area contributed by atoms with E-state index < -0.39 is 11.4 Å². The minimum absolute atomic E-state index is 0.570. The highest BCUT2D eigenvalue weighted by Crippen LogP contribution is 2.39. The third-order valence-corrected chi connectivity index (χ3v) is 3.73. The van der Waals surface area contributed by atoms with Crippen LogP contribution in [0, 0.1) is 12.3 Å². The molecular formula is C14H19NO2. The first kappa shape index (κ1) is 12.1. The molecule has 17 heavy (non-hydrogen) atoms. The number of pyridine rings is 1. The Hall–Kier alpha value is -1.38. The van der Waals surface area contributed by atoms with E-state index in [-0.39, 0.29) is 0 Å². The van der Waals surface area contributed by atoms with Gasteiger partial charge in [-0.1, -0.05) is 25.3 Å². The standard InChI is InChI=1S/C14H19NO2/c1-11-6-5-7-12(15-11)10-14(13(16)17)8-3-2-4-9-14/h5-7H,2-4,8-10H2,1H3,(H,16,17). The van der Waals surface area contributed by atoms with Crippen LogP contribution in [-0.4, -0.2) is 16.1 Å². The van der Waals surface area contributed by atoms with Gasteiger partial charge in [0.25, 0.3) is 0 Å². The van der Waals surface area contributed by atoms with E-state index >= 15 is 0 Å². The van der Waals surface area contributed by atoms with Crippen LogP contribution in [0.25, 0.3) is 0 Å². The minimum atomic E-state index is -0.652. The van der Waals surface area contributed by atoms with Gasteiger partial charge in [-0.2, -0.15) is 0 Å². The minimum Gasteiger partial charge on any atom is -0.481 e. The number of carbonyl (C=O) groups is 1. The van der Waals surface area contributed by atoms with Crippen molar-refractivity contribution in [2.24, 2.45) is 5.41 Å². The average molecular weight is 233 g/mol. The number of aliphatic carboxylic acids is 1. The molecule has 0 amide bonds. The van der Waals surface area contributed by atoms with Gasteiger partial charge < -0.3 is 5.11 Å². The predicted molar refractivity (Wildman–Crippen MR) is 65.8 cm³/mol. The van der Waals surface area contributed by atoms with E-state index in [0.717, 1.165) is 43.5 Å². The summed E-state index contributed by atoms with van der Waals surface area (Å²) in [6, 6.07) is 5.83. The molecule has 3 heteroatoms. The fraction of sp³-hybridized carbons (Fsp3) is 0.571. The number of aromatic nitrogens is 1. The summed E-state index contributed by atoms with van der Waals surface area (Å²) in [4.78, 5) is 16.0. The molecule has 1 fully saturated rings. The highest BCUT2D eigenvalue weighted by Gasteiger charge is 2.39. The fourth-order valence-electron chi connectivity index (χ4n) is 2.74. The molecule has 2 rings (SSSR count). The van der Waals surface area contributed by atoms with Gasteiger partial charge in [-0.25, -0.2) is 0 Å². The second kappa shape index (κ2) is 4.86. The number of carboxylic acid groups (broad SMARTS) is 1. The van der Waals surface area contributed by atoms with Crippen molar-refractivity contribution in [2.45, 2.75) is 45.4 Å². The first-order chi connectivity index (χ1) is 8.12. The lowest BCUT2D eigenvalue weighted by Crippen LogP contribution is -2.35. The molecule has 92 valence electrons. The molecule has 1 aromatic heterocycles. The van der Waals surface area contributed by atoms with Crippen LogP contribution in [0.15, 0.2) is 18.2 Å². The van der Waals surface area contributed by atoms with Gasteiger partial charge in [-0.3, -0.25) is 9.78 Å². The highest BCUT2D eigenvalue weighted by atomic mass is 16.4. The van der Waals surface area contributed by atoms with Crippen LogP contribution < -0.4 is 0 Å². The Morgan fingerprint density at radius 3 is 2.65 bits per heavy atom. The summed E-state index contributed by atoms with van der Waals surface area (Å²) < 4.78 is 0. The zero-order valence-electron chi connectivity index (χ0n) is 10.3. The predicted octanol–water partition coefficient (Wildman–Crippen LogP) is 2.97. The van der Waals surface area contributed by atoms with Gasteiger partial charge in [0.1, 0.15) is 0 Å². The third kappa shape index (κ3) is 2.65. The first-order valence-electron chi connectivity index (χ1n) is 6.28. The lowest BCUT2D eigenvalue weighted by atomic mass is 9.71. The molecule has 1 aliphatic rings. The van der Waals surface area contributed by atoms with Crippen molar-refractivity contribution in [2.75, 3.05) is 0 Å². The van der Waals surface area contributed by atoms with Crippen LogP contribution in [0.4, 0.5) is 0 Å². The second-order valence-electron chi connectivity index (χ2n) is 5.09. The van der Waals surface area contributed by atoms with E-state index in [2.05, 4.69) is 4.98 Å². The monoisotopic (exact) mass is 233 g/mol. The van der Waals surface area contributed by atoms with Gasteiger partial charge >= 0.3 is 5.97 Å². The number of rotatable bonds is 3. The van der Waals surface area contributed by atoms with Gasteiger partial charge in [0, 0.05) is 17.8 Å². The Bertz CT molecular complexity index is 408. The van der Waals surface area contributed by atoms with Crippen molar-refractivity contribution in [1.29, 1.82) is 0 Å². The molecule has 1 heterocycles. The molecule has 0 unspecified atom stereocenters. The summed E-state index contributed by atoms with van der Waals surface area (Å²) in [5, 5.41) is 9.49. The van der Waals surface area contributed by atoms with Gasteiger partial charge in [-0.05, 0) is 31.9 Å². The number of hydrogen-bond acceptors (Lipinski definition) is 2. The lowest BCUT2D eigenvalue weighted by molar-refractivity contribution is -0.151. The quantitative estimate of drug-likeness (QED) is 0.873. The summed E-state index contributed by atoms with van der Waals surface area (Å²) in [5.74, 6) is -0.652. The summed E-state index contributed by atoms with van der Waals surface area (Å²) >= 11 is 0. The molecule has 3 nitrogen and oxygen atoms in total. The van der Waals surface area contributed by atoms with E-state index in [9.17, 15) is 9.90 Å². The maximum absolute atomic E-state index is 11.5. The van der Waals surface area contributed by atoms with Gasteiger partial charge in [0.15, 0.2) is 0 Å². The van der Waals surface area contributed by atoms with Crippen molar-refractivity contribution in [1.82, 2.24) is 4.98 Å². The summed E-state index contributed by atoms with van der Waals surface area (Å²) in [6.45, 7) is 1.94. The molecule has 0 radical (unpaired) electrons. The van der Waals surface area contributed by atoms with E-state index in [0.29, 0.717) is 6.42 Å². The number of nitrogens with zero attached hydrogens (tertiary/aromatic N) is 1. The Labute approximate surface area is 102 Å². The van der Waals surface area contributed by atoms with E-state index in [1.807, 2.05) is 25.1 Å². The van der Waals surface area contributed by atoms with E-state index in [1.165, 1.54) is 0 Å². The van der Waals surface area contributed by atoms with Gasteiger partial charge in [0.2, 0.25) is 0 Å². The Morgan fingerprint density at radius 2 is 2.06 bits per heavy atom. The van der Waals surface area contributed by atoms with Crippen LogP contribution in [0.5, 0.6) is 0 Å². The largest absolute Gasteiger partial charge is 0.481 e. The normalized spacial score (nSPS) is 18.9. The van der Waals surface area contributed by atoms with Crippen molar-refractivity contribution in [3.8, 4) is 0 Å². The van der Waals surface area contributed by atoms with Crippen LogP contribution in [0.2, 0.25) is 0 Å². The van der Waals surface area contributed by atoms with Crippen molar-refractivity contribution >= 4 is 5.97 Å². The SMILES string of the molecule is Cc1cccc(CC2(C(=O)O)CCCCC2)n1. The molecule has 1 aliphatic carbocycles. The Kier molecular flexibility index (Phi) is 3.46. The number of hydrogen-bond donors (Lipinski definition) is 1. The molecule has 0 atom stereocenters. The maximum Gasteiger partial charge on any atom is 0.310 e. The second-order valence-corrected chi connectivity index (χ2v) is 5.09. The molecule has 0 bridgehead atoms. The Balaban J connectivity index is 2.20. The molecular weight excluding hydrogens is 214 g/mol. The lowest BCUT2D eigenvalue weighted by Gasteiger charge is -2.32. The maximum atomic E-state index is 11.5. The van der Waals surface area contributed by atoms with E-state index in [1.54, 1.807) is 0 Å². The molecule has 0 aromatic carbocycles. The number of carboxylic acids is 1. The van der Waals surface area contributed by atoms with Crippen LogP contribution in [0.1, 0.15) is 43.5 Å². The summed E-state index contributed by atoms with van der Waals surface area (Å²) in [6.07, 6.45) is 5.37. The molecule has 0 aliphatic heterocycles. The average Bonchev–Trinajstić information content (AvgIpc) is 2.30. The first-order valence-corrected chi connectivity index (χ1v) is 6.28. The van der Waals surface area contributed by atoms with Crippen LogP contribution in [0.3, 0.4) is 0 Å². The molecule has 0 saturated heterocycles. The zero-order chi connectivity index (χ0) is 12.3. The fourth-order valence-corrected chi connectivity index (χ4v) is 2.74. The van der Waals surface area contributed by atoms with Crippen molar-refractivity contribution in [3.63, 3.8) is 0 Å². The Morgan fingerprint density at radius 1 is 1.35 bits per heavy atom. The summed E-state index contributed by atoms with van der Waals surface area (Å²) in [7, 11) is 0.